The Hall–Kier alpha value is -17.0. The third-order valence-electron chi connectivity index (χ3n) is 25.5. The van der Waals surface area contributed by atoms with E-state index in [4.69, 9.17) is 15.0 Å². The summed E-state index contributed by atoms with van der Waals surface area (Å²) in [5.74, 6) is 1.61. The van der Waals surface area contributed by atoms with Crippen molar-refractivity contribution in [2.24, 2.45) is 0 Å². The van der Waals surface area contributed by atoms with Gasteiger partial charge < -0.3 is 28.4 Å². The van der Waals surface area contributed by atoms with Crippen LogP contribution in [0.15, 0.2) is 455 Å². The van der Waals surface area contributed by atoms with Crippen LogP contribution in [0.3, 0.4) is 0 Å². The van der Waals surface area contributed by atoms with Crippen molar-refractivity contribution >= 4 is 181 Å². The van der Waals surface area contributed by atoms with Crippen molar-refractivity contribution < 1.29 is 0 Å². The lowest BCUT2D eigenvalue weighted by Crippen LogP contribution is -2.11. The van der Waals surface area contributed by atoms with E-state index in [0.29, 0.717) is 17.5 Å². The smallest absolute Gasteiger partial charge is 0.164 e. The predicted molar refractivity (Wildman–Crippen MR) is 528 cm³/mol. The lowest BCUT2D eigenvalue weighted by Gasteiger charge is -2.28. The van der Waals surface area contributed by atoms with Gasteiger partial charge in [-0.1, -0.05) is 309 Å². The Morgan fingerprint density at radius 1 is 0.151 bits per heavy atom. The van der Waals surface area contributed by atoms with Gasteiger partial charge in [0.05, 0.1) is 67.2 Å². The zero-order valence-corrected chi connectivity index (χ0v) is 68.3. The third kappa shape index (κ3) is 11.8. The fourth-order valence-electron chi connectivity index (χ4n) is 19.9. The first-order valence-corrected chi connectivity index (χ1v) is 43.0. The summed E-state index contributed by atoms with van der Waals surface area (Å²) in [6.45, 7) is 0. The third-order valence-corrected chi connectivity index (χ3v) is 25.5. The highest BCUT2D eigenvalue weighted by Crippen LogP contribution is 2.50. The van der Waals surface area contributed by atoms with E-state index in [1.807, 2.05) is 0 Å². The van der Waals surface area contributed by atoms with Gasteiger partial charge in [0.1, 0.15) is 0 Å². The molecule has 0 amide bonds. The molecule has 0 radical (unpaired) electrons. The van der Waals surface area contributed by atoms with Gasteiger partial charge in [-0.25, -0.2) is 15.0 Å². The van der Waals surface area contributed by atoms with E-state index in [-0.39, 0.29) is 0 Å². The minimum atomic E-state index is 0.536. The van der Waals surface area contributed by atoms with E-state index in [2.05, 4.69) is 483 Å². The second-order valence-electron chi connectivity index (χ2n) is 32.6. The van der Waals surface area contributed by atoms with Crippen molar-refractivity contribution in [2.45, 2.75) is 0 Å². The van der Waals surface area contributed by atoms with Crippen molar-refractivity contribution in [3.05, 3.63) is 455 Å². The minimum Gasteiger partial charge on any atom is -0.309 e. The van der Waals surface area contributed by atoms with Crippen molar-refractivity contribution in [1.29, 1.82) is 0 Å². The average molecular weight is 1610 g/mol. The summed E-state index contributed by atoms with van der Waals surface area (Å²) in [5.41, 5.74) is 21.7. The molecule has 0 aliphatic heterocycles. The fourth-order valence-corrected chi connectivity index (χ4v) is 19.9. The predicted octanol–water partition coefficient (Wildman–Crippen LogP) is 31.5. The lowest BCUT2D eigenvalue weighted by molar-refractivity contribution is 1.07. The molecule has 21 aromatic carbocycles. The van der Waals surface area contributed by atoms with Gasteiger partial charge in [0.15, 0.2) is 17.5 Å². The van der Waals surface area contributed by atoms with Gasteiger partial charge in [0.2, 0.25) is 0 Å². The van der Waals surface area contributed by atoms with Crippen LogP contribution in [0.25, 0.3) is 181 Å². The molecule has 25 rings (SSSR count). The largest absolute Gasteiger partial charge is 0.309 e. The molecule has 0 spiro atoms. The first-order chi connectivity index (χ1) is 62.5. The van der Waals surface area contributed by atoms with Crippen LogP contribution in [0, 0.1) is 0 Å². The average Bonchev–Trinajstić information content (AvgIpc) is 1.58. The van der Waals surface area contributed by atoms with Gasteiger partial charge in [-0.05, 0) is 178 Å². The van der Waals surface area contributed by atoms with E-state index in [9.17, 15) is 0 Å². The molecule has 9 nitrogen and oxygen atoms in total. The standard InChI is InChI=1S/C117H75N9/c1-7-46-91-76(28-1)34-22-58-103(91)124(104-59-23-35-77-29-2-8-47-92(77)104)88-64-67-112-100(73-88)97-52-13-16-55-109(97)121(112)85-43-19-40-82(70-85)115-118-116(83-41-20-44-86(71-83)122-110-56-17-14-53-98(110)101-74-89(65-68-113(101)122)125(105-60-24-36-78-30-3-9-48-93(78)105)106-61-25-37-79-31-4-10-49-94(79)106)120-117(119-115)84-42-21-45-87(72-84)123-111-57-18-15-54-99(111)102-75-90(66-69-114(102)123)126(107-62-26-38-80-32-5-11-50-95(80)107)108-63-27-39-81-33-6-12-51-96(81)108/h1-75H. The summed E-state index contributed by atoms with van der Waals surface area (Å²) >= 11 is 0. The van der Waals surface area contributed by atoms with Gasteiger partial charge in [-0.15, -0.1) is 0 Å². The molecule has 126 heavy (non-hydrogen) atoms. The van der Waals surface area contributed by atoms with Crippen LogP contribution in [0.5, 0.6) is 0 Å². The van der Waals surface area contributed by atoms with E-state index in [1.54, 1.807) is 0 Å². The van der Waals surface area contributed by atoms with E-state index in [0.717, 1.165) is 150 Å². The van der Waals surface area contributed by atoms with Gasteiger partial charge in [0, 0.05) is 115 Å². The van der Waals surface area contributed by atoms with Crippen molar-refractivity contribution in [1.82, 2.24) is 28.7 Å². The molecule has 0 bridgehead atoms. The fraction of sp³-hybridized carbons (Fsp3) is 0. The van der Waals surface area contributed by atoms with Gasteiger partial charge >= 0.3 is 0 Å². The van der Waals surface area contributed by atoms with E-state index < -0.39 is 0 Å². The zero-order chi connectivity index (χ0) is 82.9. The molecular formula is C117H75N9. The van der Waals surface area contributed by atoms with Crippen LogP contribution in [0.2, 0.25) is 0 Å². The molecule has 4 aromatic heterocycles. The molecule has 0 atom stereocenters. The Balaban J connectivity index is 0.654. The molecule has 588 valence electrons. The maximum absolute atomic E-state index is 5.65. The van der Waals surface area contributed by atoms with Crippen LogP contribution in [-0.4, -0.2) is 28.7 Å². The topological polar surface area (TPSA) is 63.2 Å². The molecule has 25 aromatic rings. The van der Waals surface area contributed by atoms with Crippen molar-refractivity contribution in [3.8, 4) is 51.2 Å². The summed E-state index contributed by atoms with van der Waals surface area (Å²) in [7, 11) is 0. The molecule has 0 saturated heterocycles. The highest BCUT2D eigenvalue weighted by Gasteiger charge is 2.27. The molecule has 4 heterocycles. The number of nitrogens with zero attached hydrogens (tertiary/aromatic N) is 9. The maximum atomic E-state index is 5.65. The molecule has 0 aliphatic rings. The van der Waals surface area contributed by atoms with E-state index >= 15 is 0 Å². The second kappa shape index (κ2) is 29.4. The summed E-state index contributed by atoms with van der Waals surface area (Å²) in [6, 6.07) is 165. The Morgan fingerprint density at radius 2 is 0.349 bits per heavy atom. The van der Waals surface area contributed by atoms with E-state index in [1.165, 1.54) is 64.6 Å². The number of fused-ring (bicyclic) bond motifs is 15. The van der Waals surface area contributed by atoms with Gasteiger partial charge in [-0.3, -0.25) is 0 Å². The first kappa shape index (κ1) is 71.9. The number of anilines is 9. The molecule has 0 aliphatic carbocycles. The SMILES string of the molecule is c1cc(-c2nc(-c3cccc(-n4c5ccccc5c5cc(N(c6cccc7ccccc67)c6cccc7ccccc67)ccc54)c3)nc(-c3cccc(-n4c5ccccc5c5cc(N(c6cccc7ccccc67)c6cccc7ccccc67)ccc54)c3)n2)cc(-n2c3ccccc3c3cc(N(c4cccc5ccccc45)c4cccc5ccccc45)ccc32)c1. The normalized spacial score (nSPS) is 11.8. The summed E-state index contributed by atoms with van der Waals surface area (Å²) in [6.07, 6.45) is 0. The summed E-state index contributed by atoms with van der Waals surface area (Å²) in [5, 5.41) is 20.9. The highest BCUT2D eigenvalue weighted by atomic mass is 15.2. The minimum absolute atomic E-state index is 0.536. The van der Waals surface area contributed by atoms with Crippen LogP contribution in [0.1, 0.15) is 0 Å². The van der Waals surface area contributed by atoms with Crippen LogP contribution in [-0.2, 0) is 0 Å². The molecule has 0 fully saturated rings. The Morgan fingerprint density at radius 3 is 0.595 bits per heavy atom. The van der Waals surface area contributed by atoms with Crippen LogP contribution < -0.4 is 14.7 Å². The Labute approximate surface area is 725 Å². The molecule has 0 unspecified atom stereocenters. The number of para-hydroxylation sites is 3. The zero-order valence-electron chi connectivity index (χ0n) is 68.3. The summed E-state index contributed by atoms with van der Waals surface area (Å²) < 4.78 is 7.19. The highest BCUT2D eigenvalue weighted by molar-refractivity contribution is 6.17. The number of aromatic nitrogens is 6. The van der Waals surface area contributed by atoms with Crippen LogP contribution in [0.4, 0.5) is 51.2 Å². The number of rotatable bonds is 15. The summed E-state index contributed by atoms with van der Waals surface area (Å²) in [4.78, 5) is 24.3. The lowest BCUT2D eigenvalue weighted by atomic mass is 10.0. The Bertz CT molecular complexity index is 7670. The molecular weight excluding hydrogens is 1530 g/mol. The van der Waals surface area contributed by atoms with Crippen molar-refractivity contribution in [3.63, 3.8) is 0 Å². The van der Waals surface area contributed by atoms with Gasteiger partial charge in [0.25, 0.3) is 0 Å². The molecule has 0 saturated carbocycles. The molecule has 9 heteroatoms. The number of hydrogen-bond acceptors (Lipinski definition) is 6. The van der Waals surface area contributed by atoms with Crippen LogP contribution >= 0.6 is 0 Å². The van der Waals surface area contributed by atoms with Gasteiger partial charge in [-0.2, -0.15) is 0 Å². The number of benzene rings is 21. The Kier molecular flexibility index (Phi) is 16.8. The quantitative estimate of drug-likeness (QED) is 0.102. The maximum Gasteiger partial charge on any atom is 0.164 e. The second-order valence-corrected chi connectivity index (χ2v) is 32.6. The first-order valence-electron chi connectivity index (χ1n) is 43.0. The number of hydrogen-bond donors (Lipinski definition) is 0. The van der Waals surface area contributed by atoms with Crippen molar-refractivity contribution in [2.75, 3.05) is 14.7 Å². The molecule has 0 N–H and O–H groups in total. The monoisotopic (exact) mass is 1610 g/mol.